The molecular weight excluding hydrogens is 232 g/mol. The van der Waals surface area contributed by atoms with Crippen molar-refractivity contribution in [1.82, 2.24) is 0 Å². The van der Waals surface area contributed by atoms with E-state index >= 15 is 0 Å². The molecule has 1 aromatic carbocycles. The number of rotatable bonds is 6. The Labute approximate surface area is 108 Å². The topological polar surface area (TPSA) is 55.8 Å². The van der Waals surface area contributed by atoms with Gasteiger partial charge in [-0.05, 0) is 36.5 Å². The van der Waals surface area contributed by atoms with Crippen LogP contribution in [0, 0.1) is 12.8 Å². The molecule has 0 spiro atoms. The van der Waals surface area contributed by atoms with Crippen LogP contribution in [0.5, 0.6) is 11.5 Å². The van der Waals surface area contributed by atoms with Crippen LogP contribution in [0.25, 0.3) is 0 Å². The third-order valence-corrected chi connectivity index (χ3v) is 2.94. The predicted octanol–water partition coefficient (Wildman–Crippen LogP) is 2.67. The maximum absolute atomic E-state index is 10.7. The van der Waals surface area contributed by atoms with E-state index < -0.39 is 5.97 Å². The summed E-state index contributed by atoms with van der Waals surface area (Å²) < 4.78 is 10.5. The molecule has 0 fully saturated rings. The molecule has 0 heterocycles. The van der Waals surface area contributed by atoms with Crippen molar-refractivity contribution in [3.05, 3.63) is 23.3 Å². The van der Waals surface area contributed by atoms with E-state index in [-0.39, 0.29) is 12.3 Å². The average Bonchev–Trinajstić information content (AvgIpc) is 2.30. The Bertz CT molecular complexity index is 426. The van der Waals surface area contributed by atoms with Gasteiger partial charge in [0.25, 0.3) is 0 Å². The van der Waals surface area contributed by atoms with Gasteiger partial charge in [0.1, 0.15) is 11.5 Å². The molecule has 4 heteroatoms. The molecule has 0 aromatic heterocycles. The number of hydrogen-bond acceptors (Lipinski definition) is 3. The van der Waals surface area contributed by atoms with E-state index in [2.05, 4.69) is 0 Å². The summed E-state index contributed by atoms with van der Waals surface area (Å²) in [5.74, 6) is 0.805. The van der Waals surface area contributed by atoms with Crippen molar-refractivity contribution in [1.29, 1.82) is 0 Å². The fourth-order valence-corrected chi connectivity index (χ4v) is 2.03. The lowest BCUT2D eigenvalue weighted by Gasteiger charge is -2.16. The Hall–Kier alpha value is -1.71. The highest BCUT2D eigenvalue weighted by molar-refractivity contribution is 5.67. The summed E-state index contributed by atoms with van der Waals surface area (Å²) in [6.07, 6.45) is 0.847. The fourth-order valence-electron chi connectivity index (χ4n) is 2.03. The maximum atomic E-state index is 10.7. The number of carbonyl (C=O) groups is 1. The summed E-state index contributed by atoms with van der Waals surface area (Å²) in [5.41, 5.74) is 2.11. The van der Waals surface area contributed by atoms with Gasteiger partial charge in [-0.25, -0.2) is 0 Å². The van der Waals surface area contributed by atoms with Crippen molar-refractivity contribution in [3.8, 4) is 11.5 Å². The Kier molecular flexibility index (Phi) is 5.01. The van der Waals surface area contributed by atoms with E-state index in [1.165, 1.54) is 0 Å². The van der Waals surface area contributed by atoms with Crippen LogP contribution in [0.2, 0.25) is 0 Å². The zero-order chi connectivity index (χ0) is 13.7. The van der Waals surface area contributed by atoms with Gasteiger partial charge in [-0.2, -0.15) is 0 Å². The molecule has 100 valence electrons. The summed E-state index contributed by atoms with van der Waals surface area (Å²) in [4.78, 5) is 10.7. The molecule has 1 N–H and O–H groups in total. The second kappa shape index (κ2) is 6.28. The average molecular weight is 252 g/mol. The van der Waals surface area contributed by atoms with Crippen LogP contribution in [-0.2, 0) is 11.2 Å². The lowest BCUT2D eigenvalue weighted by atomic mass is 9.94. The van der Waals surface area contributed by atoms with E-state index in [0.717, 1.165) is 22.6 Å². The molecule has 0 bridgehead atoms. The first-order valence-electron chi connectivity index (χ1n) is 5.91. The minimum absolute atomic E-state index is 0.0727. The first-order chi connectivity index (χ1) is 8.47. The first kappa shape index (κ1) is 14.4. The molecule has 18 heavy (non-hydrogen) atoms. The van der Waals surface area contributed by atoms with Gasteiger partial charge >= 0.3 is 5.97 Å². The van der Waals surface area contributed by atoms with Gasteiger partial charge in [0, 0.05) is 12.5 Å². The lowest BCUT2D eigenvalue weighted by molar-refractivity contribution is -0.137. The second-order valence-corrected chi connectivity index (χ2v) is 4.53. The van der Waals surface area contributed by atoms with Crippen LogP contribution in [0.15, 0.2) is 12.1 Å². The number of carboxylic acid groups (broad SMARTS) is 1. The number of methoxy groups -OCH3 is 2. The van der Waals surface area contributed by atoms with Crippen molar-refractivity contribution in [3.63, 3.8) is 0 Å². The summed E-state index contributed by atoms with van der Waals surface area (Å²) in [7, 11) is 3.22. The molecule has 0 aliphatic carbocycles. The third kappa shape index (κ3) is 3.65. The summed E-state index contributed by atoms with van der Waals surface area (Å²) in [6, 6.07) is 3.77. The van der Waals surface area contributed by atoms with Crippen LogP contribution in [0.1, 0.15) is 24.5 Å². The molecular formula is C14H20O4. The Morgan fingerprint density at radius 3 is 2.50 bits per heavy atom. The number of aryl methyl sites for hydroxylation is 1. The van der Waals surface area contributed by atoms with Gasteiger partial charge in [0.05, 0.1) is 14.2 Å². The second-order valence-electron chi connectivity index (χ2n) is 4.53. The van der Waals surface area contributed by atoms with Crippen molar-refractivity contribution in [2.24, 2.45) is 5.92 Å². The Morgan fingerprint density at radius 1 is 1.33 bits per heavy atom. The smallest absolute Gasteiger partial charge is 0.303 e. The predicted molar refractivity (Wildman–Crippen MR) is 69.4 cm³/mol. The molecule has 1 unspecified atom stereocenters. The maximum Gasteiger partial charge on any atom is 0.303 e. The third-order valence-electron chi connectivity index (χ3n) is 2.94. The molecule has 0 saturated carbocycles. The summed E-state index contributed by atoms with van der Waals surface area (Å²) in [5, 5.41) is 8.79. The summed E-state index contributed by atoms with van der Waals surface area (Å²) in [6.45, 7) is 3.91. The molecule has 0 aliphatic heterocycles. The molecule has 1 rings (SSSR count). The van der Waals surface area contributed by atoms with Gasteiger partial charge in [0.2, 0.25) is 0 Å². The zero-order valence-electron chi connectivity index (χ0n) is 11.3. The normalized spacial score (nSPS) is 12.0. The van der Waals surface area contributed by atoms with Crippen LogP contribution in [0.4, 0.5) is 0 Å². The Balaban J connectivity index is 2.97. The van der Waals surface area contributed by atoms with Gasteiger partial charge in [-0.15, -0.1) is 0 Å². The zero-order valence-corrected chi connectivity index (χ0v) is 11.3. The molecule has 0 amide bonds. The minimum Gasteiger partial charge on any atom is -0.497 e. The lowest BCUT2D eigenvalue weighted by Crippen LogP contribution is -2.09. The molecule has 0 radical (unpaired) electrons. The molecule has 0 saturated heterocycles. The summed E-state index contributed by atoms with van der Waals surface area (Å²) >= 11 is 0. The number of benzene rings is 1. The molecule has 1 aromatic rings. The van der Waals surface area contributed by atoms with E-state index in [9.17, 15) is 4.79 Å². The SMILES string of the molecule is COc1cc(C)c(CC(C)CC(=O)O)c(OC)c1. The van der Waals surface area contributed by atoms with Gasteiger partial charge in [0.15, 0.2) is 0 Å². The van der Waals surface area contributed by atoms with Gasteiger partial charge in [-0.3, -0.25) is 4.79 Å². The highest BCUT2D eigenvalue weighted by Gasteiger charge is 2.15. The van der Waals surface area contributed by atoms with Gasteiger partial charge < -0.3 is 14.6 Å². The van der Waals surface area contributed by atoms with E-state index in [0.29, 0.717) is 6.42 Å². The van der Waals surface area contributed by atoms with Crippen molar-refractivity contribution < 1.29 is 19.4 Å². The largest absolute Gasteiger partial charge is 0.497 e. The monoisotopic (exact) mass is 252 g/mol. The molecule has 0 aliphatic rings. The molecule has 1 atom stereocenters. The van der Waals surface area contributed by atoms with Crippen LogP contribution in [0.3, 0.4) is 0 Å². The van der Waals surface area contributed by atoms with Crippen LogP contribution >= 0.6 is 0 Å². The van der Waals surface area contributed by atoms with Crippen LogP contribution in [-0.4, -0.2) is 25.3 Å². The Morgan fingerprint density at radius 2 is 2.00 bits per heavy atom. The molecule has 4 nitrogen and oxygen atoms in total. The highest BCUT2D eigenvalue weighted by atomic mass is 16.5. The van der Waals surface area contributed by atoms with Crippen molar-refractivity contribution in [2.45, 2.75) is 26.7 Å². The number of aliphatic carboxylic acids is 1. The van der Waals surface area contributed by atoms with E-state index in [1.807, 2.05) is 26.0 Å². The standard InChI is InChI=1S/C14H20O4/c1-9(6-14(15)16)5-12-10(2)7-11(17-3)8-13(12)18-4/h7-9H,5-6H2,1-4H3,(H,15,16). The number of hydrogen-bond donors (Lipinski definition) is 1. The van der Waals surface area contributed by atoms with Gasteiger partial charge in [-0.1, -0.05) is 6.92 Å². The quantitative estimate of drug-likeness (QED) is 0.845. The van der Waals surface area contributed by atoms with E-state index in [4.69, 9.17) is 14.6 Å². The first-order valence-corrected chi connectivity index (χ1v) is 5.91. The number of ether oxygens (including phenoxy) is 2. The van der Waals surface area contributed by atoms with Crippen LogP contribution < -0.4 is 9.47 Å². The van der Waals surface area contributed by atoms with E-state index in [1.54, 1.807) is 14.2 Å². The highest BCUT2D eigenvalue weighted by Crippen LogP contribution is 2.30. The van der Waals surface area contributed by atoms with Crippen molar-refractivity contribution >= 4 is 5.97 Å². The van der Waals surface area contributed by atoms with Crippen molar-refractivity contribution in [2.75, 3.05) is 14.2 Å². The number of carboxylic acids is 1. The minimum atomic E-state index is -0.771. The fraction of sp³-hybridized carbons (Fsp3) is 0.500.